The van der Waals surface area contributed by atoms with Gasteiger partial charge in [-0.2, -0.15) is 0 Å². The van der Waals surface area contributed by atoms with E-state index < -0.39 is 0 Å². The molecule has 0 saturated heterocycles. The Balaban J connectivity index is 3.21. The van der Waals surface area contributed by atoms with Crippen LogP contribution in [0.25, 0.3) is 0 Å². The average Bonchev–Trinajstić information content (AvgIpc) is 2.31. The van der Waals surface area contributed by atoms with Crippen LogP contribution in [0.4, 0.5) is 0 Å². The van der Waals surface area contributed by atoms with Crippen molar-refractivity contribution in [3.63, 3.8) is 0 Å². The van der Waals surface area contributed by atoms with Gasteiger partial charge in [-0.3, -0.25) is 0 Å². The molecule has 0 rings (SSSR count). The highest BCUT2D eigenvalue weighted by molar-refractivity contribution is 5.10. The lowest BCUT2D eigenvalue weighted by Crippen LogP contribution is -1.77. The summed E-state index contributed by atoms with van der Waals surface area (Å²) >= 11 is 0. The van der Waals surface area contributed by atoms with Crippen LogP contribution in [0, 0.1) is 6.92 Å². The Hall–Kier alpha value is -0.780. The fourth-order valence-electron chi connectivity index (χ4n) is 1.49. The van der Waals surface area contributed by atoms with Gasteiger partial charge in [0.25, 0.3) is 0 Å². The Morgan fingerprint density at radius 2 is 1.38 bits per heavy atom. The molecule has 0 bridgehead atoms. The Labute approximate surface area is 102 Å². The van der Waals surface area contributed by atoms with E-state index in [2.05, 4.69) is 50.3 Å². The van der Waals surface area contributed by atoms with Gasteiger partial charge in [-0.05, 0) is 19.3 Å². The van der Waals surface area contributed by atoms with Crippen molar-refractivity contribution in [2.24, 2.45) is 0 Å². The molecule has 0 aromatic heterocycles. The Kier molecular flexibility index (Phi) is 13.5. The van der Waals surface area contributed by atoms with Gasteiger partial charge < -0.3 is 0 Å². The molecule has 0 heterocycles. The zero-order chi connectivity index (χ0) is 11.9. The summed E-state index contributed by atoms with van der Waals surface area (Å²) in [7, 11) is 0. The summed E-state index contributed by atoms with van der Waals surface area (Å²) in [4.78, 5) is 0. The van der Waals surface area contributed by atoms with Crippen LogP contribution in [0.2, 0.25) is 0 Å². The predicted molar refractivity (Wildman–Crippen MR) is 75.4 cm³/mol. The van der Waals surface area contributed by atoms with Crippen molar-refractivity contribution in [1.82, 2.24) is 0 Å². The largest absolute Gasteiger partial charge is 0.0848 e. The van der Waals surface area contributed by atoms with E-state index in [4.69, 9.17) is 0 Å². The zero-order valence-corrected chi connectivity index (χ0v) is 10.8. The average molecular weight is 219 g/mol. The van der Waals surface area contributed by atoms with Gasteiger partial charge in [0, 0.05) is 0 Å². The second-order valence-electron chi connectivity index (χ2n) is 4.06. The van der Waals surface area contributed by atoms with Gasteiger partial charge in [-0.25, -0.2) is 0 Å². The van der Waals surface area contributed by atoms with E-state index in [1.165, 1.54) is 38.5 Å². The third kappa shape index (κ3) is 13.2. The maximum Gasteiger partial charge on any atom is -0.0348 e. The summed E-state index contributed by atoms with van der Waals surface area (Å²) < 4.78 is 0. The van der Waals surface area contributed by atoms with Crippen LogP contribution in [0.15, 0.2) is 36.5 Å². The second-order valence-corrected chi connectivity index (χ2v) is 4.06. The van der Waals surface area contributed by atoms with Gasteiger partial charge in [-0.15, -0.1) is 0 Å². The molecule has 91 valence electrons. The highest BCUT2D eigenvalue weighted by Gasteiger charge is 1.87. The third-order valence-electron chi connectivity index (χ3n) is 2.46. The van der Waals surface area contributed by atoms with Gasteiger partial charge in [0.15, 0.2) is 0 Å². The van der Waals surface area contributed by atoms with Crippen molar-refractivity contribution in [2.45, 2.75) is 58.3 Å². The van der Waals surface area contributed by atoms with Crippen LogP contribution in [0.5, 0.6) is 0 Å². The standard InChI is InChI=1S/C16H27/c1-3-5-7-9-11-13-15-16-14-12-10-8-6-4-2/h6,8,10,12,14,16H,1,3-5,7,9,11,13,15H2,2H3/b8-6+,12-10+,16-14+. The molecule has 16 heavy (non-hydrogen) atoms. The number of unbranched alkanes of at least 4 members (excludes halogenated alkanes) is 6. The molecule has 0 nitrogen and oxygen atoms in total. The molecule has 0 fully saturated rings. The molecule has 0 aliphatic carbocycles. The SMILES string of the molecule is [CH2]CCCCCCC/C=C/C=C/C=C/CC. The monoisotopic (exact) mass is 219 g/mol. The van der Waals surface area contributed by atoms with Crippen molar-refractivity contribution in [3.05, 3.63) is 43.4 Å². The van der Waals surface area contributed by atoms with Gasteiger partial charge in [0.1, 0.15) is 0 Å². The minimum Gasteiger partial charge on any atom is -0.0848 e. The van der Waals surface area contributed by atoms with Crippen LogP contribution in [0.1, 0.15) is 58.3 Å². The van der Waals surface area contributed by atoms with Crippen molar-refractivity contribution < 1.29 is 0 Å². The van der Waals surface area contributed by atoms with Crippen molar-refractivity contribution in [1.29, 1.82) is 0 Å². The maximum atomic E-state index is 3.85. The van der Waals surface area contributed by atoms with E-state index in [0.29, 0.717) is 0 Å². The van der Waals surface area contributed by atoms with E-state index in [-0.39, 0.29) is 0 Å². The maximum absolute atomic E-state index is 3.85. The van der Waals surface area contributed by atoms with Crippen LogP contribution in [-0.4, -0.2) is 0 Å². The van der Waals surface area contributed by atoms with Crippen molar-refractivity contribution >= 4 is 0 Å². The van der Waals surface area contributed by atoms with Crippen LogP contribution in [-0.2, 0) is 0 Å². The molecule has 0 amide bonds. The molecule has 0 aromatic carbocycles. The fraction of sp³-hybridized carbons (Fsp3) is 0.562. The third-order valence-corrected chi connectivity index (χ3v) is 2.46. The van der Waals surface area contributed by atoms with Crippen molar-refractivity contribution in [3.8, 4) is 0 Å². The van der Waals surface area contributed by atoms with Crippen LogP contribution >= 0.6 is 0 Å². The van der Waals surface area contributed by atoms with Crippen LogP contribution in [0.3, 0.4) is 0 Å². The molecule has 0 atom stereocenters. The summed E-state index contributed by atoms with van der Waals surface area (Å²) in [6, 6.07) is 0. The molecular formula is C16H27. The molecule has 1 radical (unpaired) electrons. The number of hydrogen-bond acceptors (Lipinski definition) is 0. The van der Waals surface area contributed by atoms with E-state index in [9.17, 15) is 0 Å². The Morgan fingerprint density at radius 3 is 2.06 bits per heavy atom. The quantitative estimate of drug-likeness (QED) is 0.330. The topological polar surface area (TPSA) is 0 Å². The molecule has 0 N–H and O–H groups in total. The van der Waals surface area contributed by atoms with E-state index >= 15 is 0 Å². The Bertz CT molecular complexity index is 196. The molecule has 0 spiro atoms. The first-order chi connectivity index (χ1) is 7.91. The highest BCUT2D eigenvalue weighted by atomic mass is 13.9. The number of hydrogen-bond donors (Lipinski definition) is 0. The molecular weight excluding hydrogens is 192 g/mol. The summed E-state index contributed by atoms with van der Waals surface area (Å²) in [6.45, 7) is 6.00. The summed E-state index contributed by atoms with van der Waals surface area (Å²) in [6.07, 6.45) is 23.0. The van der Waals surface area contributed by atoms with E-state index in [1.54, 1.807) is 0 Å². The molecule has 0 saturated carbocycles. The minimum atomic E-state index is 1.09. The van der Waals surface area contributed by atoms with Gasteiger partial charge >= 0.3 is 0 Å². The lowest BCUT2D eigenvalue weighted by atomic mass is 10.1. The summed E-state index contributed by atoms with van der Waals surface area (Å²) in [5.74, 6) is 0. The first-order valence-electron chi connectivity index (χ1n) is 6.69. The second kappa shape index (κ2) is 14.2. The minimum absolute atomic E-state index is 1.09. The predicted octanol–water partition coefficient (Wildman–Crippen LogP) is 5.63. The van der Waals surface area contributed by atoms with Crippen LogP contribution < -0.4 is 0 Å². The normalized spacial score (nSPS) is 12.4. The van der Waals surface area contributed by atoms with E-state index in [0.717, 1.165) is 12.8 Å². The molecule has 0 aromatic rings. The zero-order valence-electron chi connectivity index (χ0n) is 10.8. The van der Waals surface area contributed by atoms with Gasteiger partial charge in [0.2, 0.25) is 0 Å². The summed E-state index contributed by atoms with van der Waals surface area (Å²) in [5, 5.41) is 0. The molecule has 0 aliphatic heterocycles. The van der Waals surface area contributed by atoms with E-state index in [1.807, 2.05) is 0 Å². The van der Waals surface area contributed by atoms with Gasteiger partial charge in [0.05, 0.1) is 0 Å². The smallest absolute Gasteiger partial charge is 0.0348 e. The highest BCUT2D eigenvalue weighted by Crippen LogP contribution is 2.06. The molecule has 0 heteroatoms. The van der Waals surface area contributed by atoms with Crippen molar-refractivity contribution in [2.75, 3.05) is 0 Å². The fourth-order valence-corrected chi connectivity index (χ4v) is 1.49. The first-order valence-corrected chi connectivity index (χ1v) is 6.69. The Morgan fingerprint density at radius 1 is 0.750 bits per heavy atom. The summed E-state index contributed by atoms with van der Waals surface area (Å²) in [5.41, 5.74) is 0. The molecule has 0 aliphatic rings. The first kappa shape index (κ1) is 15.2. The lowest BCUT2D eigenvalue weighted by Gasteiger charge is -1.96. The molecule has 0 unspecified atom stereocenters. The number of rotatable bonds is 10. The van der Waals surface area contributed by atoms with Gasteiger partial charge in [-0.1, -0.05) is 82.4 Å². The lowest BCUT2D eigenvalue weighted by molar-refractivity contribution is 0.621. The number of allylic oxidation sites excluding steroid dienone is 6.